The Labute approximate surface area is 250 Å². The van der Waals surface area contributed by atoms with Gasteiger partial charge in [0.1, 0.15) is 0 Å². The average molecular weight is 581 g/mol. The van der Waals surface area contributed by atoms with Gasteiger partial charge in [0, 0.05) is 0 Å². The molecule has 0 aliphatic carbocycles. The summed E-state index contributed by atoms with van der Waals surface area (Å²) in [5.41, 5.74) is 0.662. The number of fused-ring (bicyclic) bond motifs is 2. The molecule has 0 aliphatic heterocycles. The molecule has 6 aromatic carbocycles. The first-order chi connectivity index (χ1) is 18.5. The van der Waals surface area contributed by atoms with Crippen LogP contribution < -0.4 is 0 Å². The van der Waals surface area contributed by atoms with Gasteiger partial charge in [0.25, 0.3) is 0 Å². The van der Waals surface area contributed by atoms with Gasteiger partial charge in [0.15, 0.2) is 0 Å². The second kappa shape index (κ2) is 20.9. The summed E-state index contributed by atoms with van der Waals surface area (Å²) >= 11 is 1.81. The largest absolute Gasteiger partial charge is 0.168 e. The zero-order chi connectivity index (χ0) is 27.6. The molecule has 0 fully saturated rings. The van der Waals surface area contributed by atoms with E-state index in [2.05, 4.69) is 92.6 Å². The molecule has 6 heteroatoms. The SMILES string of the molecule is O=C(O)c1ccccc1.O=C(O)c1ccccc1.[CH3-].[CH3-].[Si]=[Ti].c1ccc2[cH-]ccc2c1.c1ccc2[cH-]ccc2c1. The van der Waals surface area contributed by atoms with Crippen LogP contribution in [0.15, 0.2) is 146 Å². The van der Waals surface area contributed by atoms with E-state index in [0.29, 0.717) is 11.1 Å². The molecule has 6 rings (SSSR count). The molecule has 0 heterocycles. The van der Waals surface area contributed by atoms with Crippen molar-refractivity contribution in [1.29, 1.82) is 0 Å². The fraction of sp³-hybridized carbons (Fsp3) is 0. The van der Waals surface area contributed by atoms with Crippen LogP contribution in [0.4, 0.5) is 0 Å². The molecule has 2 N–H and O–H groups in total. The fourth-order valence-corrected chi connectivity index (χ4v) is 3.30. The fourth-order valence-electron chi connectivity index (χ4n) is 3.30. The van der Waals surface area contributed by atoms with E-state index in [0.717, 1.165) is 0 Å². The molecule has 0 saturated carbocycles. The molecule has 0 bridgehead atoms. The summed E-state index contributed by atoms with van der Waals surface area (Å²) < 4.78 is 0. The van der Waals surface area contributed by atoms with Gasteiger partial charge in [-0.05, 0) is 24.3 Å². The zero-order valence-corrected chi connectivity index (χ0v) is 25.1. The second-order valence-corrected chi connectivity index (χ2v) is 7.65. The number of rotatable bonds is 2. The Kier molecular flexibility index (Phi) is 18.8. The van der Waals surface area contributed by atoms with Gasteiger partial charge in [-0.2, -0.15) is 35.0 Å². The van der Waals surface area contributed by atoms with Gasteiger partial charge in [-0.25, -0.2) is 9.59 Å². The standard InChI is InChI=1S/2C9H7.2C7H6O2.2CH3.Si.Ti/c2*1-2-5-9-7-3-6-8(9)4-1;2*8-7(9)6-4-2-1-3-5-6;;;;/h2*1-7H;2*1-5H,(H,8,9);2*1H3;;/q2*-1;;;2*-1;;. The minimum absolute atomic E-state index is 0. The van der Waals surface area contributed by atoms with Crippen molar-refractivity contribution in [3.8, 4) is 0 Å². The first-order valence-electron chi connectivity index (χ1n) is 11.6. The van der Waals surface area contributed by atoms with Crippen molar-refractivity contribution in [1.82, 2.24) is 0 Å². The van der Waals surface area contributed by atoms with E-state index in [4.69, 9.17) is 10.2 Å². The van der Waals surface area contributed by atoms with Crippen molar-refractivity contribution < 1.29 is 39.0 Å². The molecule has 0 atom stereocenters. The molecule has 0 saturated heterocycles. The maximum Gasteiger partial charge on any atom is -0.0809 e. The van der Waals surface area contributed by atoms with Crippen LogP contribution in [-0.2, 0) is 19.2 Å². The molecule has 2 radical (unpaired) electrons. The topological polar surface area (TPSA) is 74.6 Å². The van der Waals surface area contributed by atoms with Crippen LogP contribution in [0.25, 0.3) is 21.5 Å². The Morgan fingerprint density at radius 1 is 0.500 bits per heavy atom. The Hall–Kier alpha value is -4.03. The minimum Gasteiger partial charge on any atom is -0.168 e. The van der Waals surface area contributed by atoms with Gasteiger partial charge in [-0.3, -0.25) is 0 Å². The summed E-state index contributed by atoms with van der Waals surface area (Å²) in [5, 5.41) is 22.1. The van der Waals surface area contributed by atoms with E-state index in [9.17, 15) is 9.59 Å². The van der Waals surface area contributed by atoms with Crippen LogP contribution in [0.3, 0.4) is 0 Å². The maximum absolute atomic E-state index is 10.2. The predicted molar refractivity (Wildman–Crippen MR) is 164 cm³/mol. The summed E-state index contributed by atoms with van der Waals surface area (Å²) in [5.74, 6) is -1.76. The third-order valence-corrected chi connectivity index (χ3v) is 5.14. The molecule has 0 aliphatic rings. The van der Waals surface area contributed by atoms with Crippen molar-refractivity contribution in [3.63, 3.8) is 0 Å². The number of aromatic carboxylic acids is 2. The Bertz CT molecular complexity index is 1330. The zero-order valence-electron chi connectivity index (χ0n) is 22.6. The minimum atomic E-state index is -0.879. The van der Waals surface area contributed by atoms with Crippen LogP contribution in [-0.4, -0.2) is 29.8 Å². The average Bonchev–Trinajstić information content (AvgIpc) is 3.66. The summed E-state index contributed by atoms with van der Waals surface area (Å²) in [6, 6.07) is 45.9. The molecule has 0 spiro atoms. The maximum atomic E-state index is 10.2. The first-order valence-corrected chi connectivity index (χ1v) is 14.4. The molecule has 6 aromatic rings. The summed E-state index contributed by atoms with van der Waals surface area (Å²) in [4.78, 5) is 20.4. The van der Waals surface area contributed by atoms with Gasteiger partial charge in [0.2, 0.25) is 0 Å². The third-order valence-electron chi connectivity index (χ3n) is 5.14. The van der Waals surface area contributed by atoms with E-state index in [1.807, 2.05) is 0 Å². The predicted octanol–water partition coefficient (Wildman–Crippen LogP) is 8.40. The van der Waals surface area contributed by atoms with Gasteiger partial charge < -0.3 is 25.1 Å². The Morgan fingerprint density at radius 3 is 1.07 bits per heavy atom. The van der Waals surface area contributed by atoms with E-state index >= 15 is 0 Å². The molecule has 0 aromatic heterocycles. The Balaban J connectivity index is 0.000000488. The molecule has 0 amide bonds. The molecule has 0 unspecified atom stereocenters. The van der Waals surface area contributed by atoms with Crippen LogP contribution in [0.5, 0.6) is 0 Å². The molecular formula is C34H32O4SiTi-4. The van der Waals surface area contributed by atoms with Crippen LogP contribution in [0, 0.1) is 14.9 Å². The van der Waals surface area contributed by atoms with Crippen molar-refractivity contribution >= 4 is 41.1 Å². The molecular weight excluding hydrogens is 548 g/mol. The van der Waals surface area contributed by atoms with E-state index in [-0.39, 0.29) is 14.9 Å². The van der Waals surface area contributed by atoms with Crippen LogP contribution in [0.2, 0.25) is 0 Å². The number of hydrogen-bond donors (Lipinski definition) is 2. The van der Waals surface area contributed by atoms with Crippen molar-refractivity contribution in [3.05, 3.63) is 172 Å². The van der Waals surface area contributed by atoms with Gasteiger partial charge >= 0.3 is 38.7 Å². The monoisotopic (exact) mass is 580 g/mol. The van der Waals surface area contributed by atoms with Crippen molar-refractivity contribution in [2.75, 3.05) is 0 Å². The second-order valence-electron chi connectivity index (χ2n) is 7.65. The van der Waals surface area contributed by atoms with E-state index < -0.39 is 11.9 Å². The number of benzene rings is 4. The first kappa shape index (κ1) is 36.0. The van der Waals surface area contributed by atoms with E-state index in [1.54, 1.807) is 79.8 Å². The smallest absolute Gasteiger partial charge is 0.0809 e. The van der Waals surface area contributed by atoms with Gasteiger partial charge in [0.05, 0.1) is 11.1 Å². The molecule has 4 nitrogen and oxygen atoms in total. The van der Waals surface area contributed by atoms with Crippen molar-refractivity contribution in [2.45, 2.75) is 0 Å². The van der Waals surface area contributed by atoms with Crippen LogP contribution in [0.1, 0.15) is 20.7 Å². The van der Waals surface area contributed by atoms with Gasteiger partial charge in [-0.15, -0.1) is 59.3 Å². The van der Waals surface area contributed by atoms with Crippen molar-refractivity contribution in [2.24, 2.45) is 0 Å². The molecule has 204 valence electrons. The third kappa shape index (κ3) is 12.7. The van der Waals surface area contributed by atoms with Crippen LogP contribution >= 0.6 is 0 Å². The normalized spacial score (nSPS) is 8.68. The summed E-state index contributed by atoms with van der Waals surface area (Å²) in [7, 11) is 2.97. The Morgan fingerprint density at radius 2 is 0.800 bits per heavy atom. The quantitative estimate of drug-likeness (QED) is 0.159. The van der Waals surface area contributed by atoms with Gasteiger partial charge in [-0.1, -0.05) is 48.5 Å². The number of carboxylic acids is 2. The van der Waals surface area contributed by atoms with E-state index in [1.165, 1.54) is 21.5 Å². The molecule has 40 heavy (non-hydrogen) atoms. The summed E-state index contributed by atoms with van der Waals surface area (Å²) in [6.45, 7) is 0. The summed E-state index contributed by atoms with van der Waals surface area (Å²) in [6.07, 6.45) is 0. The number of carboxylic acid groups (broad SMARTS) is 2. The number of carbonyl (C=O) groups is 2. The number of hydrogen-bond acceptors (Lipinski definition) is 2.